The molecule has 0 spiro atoms. The largest absolute Gasteiger partial charge is 0.494 e. The Balaban J connectivity index is 2.90. The van der Waals surface area contributed by atoms with Crippen LogP contribution in [0.3, 0.4) is 0 Å². The molecule has 0 saturated carbocycles. The molecule has 0 aromatic heterocycles. The number of rotatable bonds is 5. The van der Waals surface area contributed by atoms with E-state index in [0.29, 0.717) is 18.0 Å². The van der Waals surface area contributed by atoms with Crippen LogP contribution in [-0.4, -0.2) is 20.8 Å². The van der Waals surface area contributed by atoms with Gasteiger partial charge in [-0.05, 0) is 38.1 Å². The van der Waals surface area contributed by atoms with Crippen molar-refractivity contribution in [2.75, 3.05) is 16.8 Å². The first kappa shape index (κ1) is 12.8. The molecule has 0 aliphatic rings. The molecule has 2 N–H and O–H groups in total. The Hall–Kier alpha value is -1.27. The van der Waals surface area contributed by atoms with Gasteiger partial charge in [-0.1, -0.05) is 0 Å². The average molecular weight is 244 g/mol. The lowest BCUT2D eigenvalue weighted by molar-refractivity contribution is 0.340. The highest BCUT2D eigenvalue weighted by atomic mass is 32.2. The molecule has 1 aromatic carbocycles. The van der Waals surface area contributed by atoms with Crippen molar-refractivity contribution in [2.45, 2.75) is 13.8 Å². The number of hydrogen-bond donors (Lipinski definition) is 1. The minimum Gasteiger partial charge on any atom is -0.494 e. The van der Waals surface area contributed by atoms with Gasteiger partial charge in [0.05, 0.1) is 18.0 Å². The highest BCUT2D eigenvalue weighted by molar-refractivity contribution is 7.92. The van der Waals surface area contributed by atoms with E-state index in [1.54, 1.807) is 31.2 Å². The van der Waals surface area contributed by atoms with E-state index in [4.69, 9.17) is 10.6 Å². The molecule has 1 rings (SSSR count). The van der Waals surface area contributed by atoms with Crippen molar-refractivity contribution in [1.29, 1.82) is 0 Å². The molecule has 5 nitrogen and oxygen atoms in total. The van der Waals surface area contributed by atoms with E-state index in [1.165, 1.54) is 0 Å². The second-order valence-corrected chi connectivity index (χ2v) is 5.26. The molecule has 0 bridgehead atoms. The number of sulfonamides is 1. The number of hydrogen-bond acceptors (Lipinski definition) is 4. The molecule has 16 heavy (non-hydrogen) atoms. The number of ether oxygens (including phenoxy) is 1. The molecular formula is C10H16N2O3S. The summed E-state index contributed by atoms with van der Waals surface area (Å²) in [6.07, 6.45) is 0. The minimum atomic E-state index is -3.41. The fourth-order valence-electron chi connectivity index (χ4n) is 1.16. The van der Waals surface area contributed by atoms with E-state index in [0.717, 1.165) is 4.41 Å². The summed E-state index contributed by atoms with van der Waals surface area (Å²) in [5, 5.41) is 0. The first-order valence-corrected chi connectivity index (χ1v) is 6.62. The Bertz CT molecular complexity index is 428. The van der Waals surface area contributed by atoms with Crippen LogP contribution in [0.1, 0.15) is 13.8 Å². The molecule has 6 heteroatoms. The predicted molar refractivity (Wildman–Crippen MR) is 63.7 cm³/mol. The van der Waals surface area contributed by atoms with Crippen molar-refractivity contribution in [1.82, 2.24) is 0 Å². The third-order valence-corrected chi connectivity index (χ3v) is 3.61. The number of benzene rings is 1. The minimum absolute atomic E-state index is 0.0310. The zero-order chi connectivity index (χ0) is 12.2. The maximum Gasteiger partial charge on any atom is 0.248 e. The quantitative estimate of drug-likeness (QED) is 0.622. The van der Waals surface area contributed by atoms with Crippen LogP contribution in [0.2, 0.25) is 0 Å². The van der Waals surface area contributed by atoms with E-state index in [-0.39, 0.29) is 5.75 Å². The van der Waals surface area contributed by atoms with Gasteiger partial charge < -0.3 is 4.74 Å². The van der Waals surface area contributed by atoms with Crippen molar-refractivity contribution in [2.24, 2.45) is 5.84 Å². The molecular weight excluding hydrogens is 228 g/mol. The van der Waals surface area contributed by atoms with Crippen LogP contribution in [0.5, 0.6) is 5.75 Å². The van der Waals surface area contributed by atoms with E-state index in [2.05, 4.69) is 0 Å². The molecule has 0 aliphatic heterocycles. The van der Waals surface area contributed by atoms with Crippen molar-refractivity contribution in [3.63, 3.8) is 0 Å². The Morgan fingerprint density at radius 3 is 2.25 bits per heavy atom. The van der Waals surface area contributed by atoms with Gasteiger partial charge in [0.15, 0.2) is 0 Å². The molecule has 1 aromatic rings. The molecule has 0 fully saturated rings. The Kier molecular flexibility index (Phi) is 4.14. The topological polar surface area (TPSA) is 72.6 Å². The molecule has 0 unspecified atom stereocenters. The third-order valence-electron chi connectivity index (χ3n) is 2.07. The Labute approximate surface area is 95.8 Å². The SMILES string of the molecule is CCOc1ccc(N(N)S(=O)(=O)CC)cc1. The molecule has 0 amide bonds. The van der Waals surface area contributed by atoms with E-state index < -0.39 is 10.0 Å². The van der Waals surface area contributed by atoms with Gasteiger partial charge in [-0.15, -0.1) is 0 Å². The summed E-state index contributed by atoms with van der Waals surface area (Å²) < 4.78 is 29.0. The average Bonchev–Trinajstić information content (AvgIpc) is 2.29. The van der Waals surface area contributed by atoms with Gasteiger partial charge in [0.2, 0.25) is 10.0 Å². The lowest BCUT2D eigenvalue weighted by Crippen LogP contribution is -2.38. The van der Waals surface area contributed by atoms with Crippen molar-refractivity contribution < 1.29 is 13.2 Å². The lowest BCUT2D eigenvalue weighted by atomic mass is 10.3. The van der Waals surface area contributed by atoms with Crippen LogP contribution >= 0.6 is 0 Å². The summed E-state index contributed by atoms with van der Waals surface area (Å²) in [5.41, 5.74) is 0.422. The van der Waals surface area contributed by atoms with Gasteiger partial charge in [0, 0.05) is 0 Å². The maximum atomic E-state index is 11.5. The molecule has 0 radical (unpaired) electrons. The first-order valence-electron chi connectivity index (χ1n) is 5.01. The van der Waals surface area contributed by atoms with E-state index >= 15 is 0 Å². The van der Waals surface area contributed by atoms with Crippen LogP contribution < -0.4 is 15.0 Å². The summed E-state index contributed by atoms with van der Waals surface area (Å²) in [4.78, 5) is 0. The molecule has 0 atom stereocenters. The summed E-state index contributed by atoms with van der Waals surface area (Å²) >= 11 is 0. The highest BCUT2D eigenvalue weighted by Gasteiger charge is 2.16. The zero-order valence-electron chi connectivity index (χ0n) is 9.38. The fraction of sp³-hybridized carbons (Fsp3) is 0.400. The normalized spacial score (nSPS) is 11.2. The van der Waals surface area contributed by atoms with Crippen molar-refractivity contribution in [3.05, 3.63) is 24.3 Å². The second-order valence-electron chi connectivity index (χ2n) is 3.12. The summed E-state index contributed by atoms with van der Waals surface area (Å²) in [7, 11) is -3.41. The van der Waals surface area contributed by atoms with Gasteiger partial charge in [-0.25, -0.2) is 18.7 Å². The first-order chi connectivity index (χ1) is 7.51. The van der Waals surface area contributed by atoms with Crippen molar-refractivity contribution in [3.8, 4) is 5.75 Å². The second kappa shape index (κ2) is 5.18. The number of nitrogens with two attached hydrogens (primary N) is 1. The molecule has 0 aliphatic carbocycles. The van der Waals surface area contributed by atoms with Gasteiger partial charge in [-0.3, -0.25) is 0 Å². The fourth-order valence-corrected chi connectivity index (χ4v) is 1.88. The van der Waals surface area contributed by atoms with Gasteiger partial charge in [0.25, 0.3) is 0 Å². The van der Waals surface area contributed by atoms with Crippen molar-refractivity contribution >= 4 is 15.7 Å². The monoisotopic (exact) mass is 244 g/mol. The van der Waals surface area contributed by atoms with Gasteiger partial charge in [0.1, 0.15) is 5.75 Å². The zero-order valence-corrected chi connectivity index (χ0v) is 10.2. The summed E-state index contributed by atoms with van der Waals surface area (Å²) in [6.45, 7) is 3.99. The Morgan fingerprint density at radius 2 is 1.81 bits per heavy atom. The number of nitrogens with zero attached hydrogens (tertiary/aromatic N) is 1. The Morgan fingerprint density at radius 1 is 1.25 bits per heavy atom. The number of anilines is 1. The molecule has 0 saturated heterocycles. The van der Waals surface area contributed by atoms with E-state index in [9.17, 15) is 8.42 Å². The lowest BCUT2D eigenvalue weighted by Gasteiger charge is -2.17. The van der Waals surface area contributed by atoms with Gasteiger partial charge >= 0.3 is 0 Å². The van der Waals surface area contributed by atoms with Crippen LogP contribution in [0.15, 0.2) is 24.3 Å². The molecule has 0 heterocycles. The van der Waals surface area contributed by atoms with Gasteiger partial charge in [-0.2, -0.15) is 0 Å². The molecule has 90 valence electrons. The standard InChI is InChI=1S/C10H16N2O3S/c1-3-15-10-7-5-9(6-8-10)12(11)16(13,14)4-2/h5-8H,3-4,11H2,1-2H3. The van der Waals surface area contributed by atoms with Crippen LogP contribution in [0.25, 0.3) is 0 Å². The summed E-state index contributed by atoms with van der Waals surface area (Å²) in [5.74, 6) is 6.17. The number of hydrazine groups is 1. The van der Waals surface area contributed by atoms with Crippen LogP contribution in [0, 0.1) is 0 Å². The van der Waals surface area contributed by atoms with E-state index in [1.807, 2.05) is 6.92 Å². The van der Waals surface area contributed by atoms with Crippen LogP contribution in [-0.2, 0) is 10.0 Å². The van der Waals surface area contributed by atoms with Crippen LogP contribution in [0.4, 0.5) is 5.69 Å². The maximum absolute atomic E-state index is 11.5. The highest BCUT2D eigenvalue weighted by Crippen LogP contribution is 2.19. The smallest absolute Gasteiger partial charge is 0.248 e. The predicted octanol–water partition coefficient (Wildman–Crippen LogP) is 1.12. The third kappa shape index (κ3) is 2.86. The summed E-state index contributed by atoms with van der Waals surface area (Å²) in [6, 6.07) is 6.59.